The number of nitrogens with one attached hydrogen (secondary N) is 1. The smallest absolute Gasteiger partial charge is 0.410 e. The van der Waals surface area contributed by atoms with Crippen LogP contribution in [0.2, 0.25) is 0 Å². The maximum absolute atomic E-state index is 12.2. The van der Waals surface area contributed by atoms with Crippen molar-refractivity contribution in [3.05, 3.63) is 35.9 Å². The van der Waals surface area contributed by atoms with Crippen LogP contribution in [0, 0.1) is 0 Å². The number of rotatable bonds is 7. The summed E-state index contributed by atoms with van der Waals surface area (Å²) >= 11 is 0. The molecule has 0 spiro atoms. The van der Waals surface area contributed by atoms with Crippen molar-refractivity contribution in [2.24, 2.45) is 0 Å². The molecule has 33 heavy (non-hydrogen) atoms. The summed E-state index contributed by atoms with van der Waals surface area (Å²) in [4.78, 5) is 28.4. The molecule has 2 heterocycles. The zero-order chi connectivity index (χ0) is 23.7. The van der Waals surface area contributed by atoms with E-state index in [0.717, 1.165) is 50.9 Å². The molecule has 1 aromatic carbocycles. The number of amides is 2. The summed E-state index contributed by atoms with van der Waals surface area (Å²) in [6, 6.07) is 9.85. The fourth-order valence-electron chi connectivity index (χ4n) is 4.11. The number of carbonyl (C=O) groups is 2. The van der Waals surface area contributed by atoms with Crippen LogP contribution in [0.3, 0.4) is 0 Å². The van der Waals surface area contributed by atoms with Crippen LogP contribution >= 0.6 is 0 Å². The number of likely N-dealkylation sites (tertiary alicyclic amines) is 2. The lowest BCUT2D eigenvalue weighted by Gasteiger charge is -2.34. The standard InChI is InChI=1S/C25H39N3O5/c1-25(2,3)33-24(30)28-15-11-22(12-16-28)31-18-17-27-13-9-21(10-14-27)26-23(29)32-19-20-7-5-4-6-8-20/h4-8,21-22H,9-19H2,1-3H3,(H,26,29). The Bertz CT molecular complexity index is 736. The highest BCUT2D eigenvalue weighted by molar-refractivity contribution is 5.68. The first kappa shape index (κ1) is 25.3. The first-order valence-corrected chi connectivity index (χ1v) is 12.1. The van der Waals surface area contributed by atoms with E-state index >= 15 is 0 Å². The minimum Gasteiger partial charge on any atom is -0.445 e. The Morgan fingerprint density at radius 1 is 1.00 bits per heavy atom. The van der Waals surface area contributed by atoms with E-state index in [1.807, 2.05) is 51.1 Å². The molecule has 2 aliphatic heterocycles. The second-order valence-electron chi connectivity index (χ2n) is 9.86. The molecule has 1 N–H and O–H groups in total. The number of alkyl carbamates (subject to hydrolysis) is 1. The van der Waals surface area contributed by atoms with E-state index in [9.17, 15) is 9.59 Å². The fourth-order valence-corrected chi connectivity index (χ4v) is 4.11. The second kappa shape index (κ2) is 12.2. The zero-order valence-corrected chi connectivity index (χ0v) is 20.3. The molecule has 1 aromatic rings. The molecule has 0 atom stereocenters. The Hall–Kier alpha value is -2.32. The van der Waals surface area contributed by atoms with Gasteiger partial charge in [0.05, 0.1) is 12.7 Å². The van der Waals surface area contributed by atoms with Gasteiger partial charge in [0.2, 0.25) is 0 Å². The Balaban J connectivity index is 1.23. The molecule has 2 fully saturated rings. The van der Waals surface area contributed by atoms with E-state index < -0.39 is 5.60 Å². The Kier molecular flexibility index (Phi) is 9.38. The average Bonchev–Trinajstić information content (AvgIpc) is 2.79. The van der Waals surface area contributed by atoms with Crippen LogP contribution in [0.4, 0.5) is 9.59 Å². The number of carbonyl (C=O) groups excluding carboxylic acids is 2. The molecule has 0 saturated carbocycles. The van der Waals surface area contributed by atoms with Crippen molar-refractivity contribution in [3.8, 4) is 0 Å². The van der Waals surface area contributed by atoms with Crippen LogP contribution in [-0.4, -0.2) is 79.1 Å². The molecule has 0 aromatic heterocycles. The lowest BCUT2D eigenvalue weighted by molar-refractivity contribution is -0.0172. The summed E-state index contributed by atoms with van der Waals surface area (Å²) in [5.74, 6) is 0. The first-order valence-electron chi connectivity index (χ1n) is 12.1. The minimum atomic E-state index is -0.462. The molecule has 2 saturated heterocycles. The molecule has 0 unspecified atom stereocenters. The number of benzene rings is 1. The summed E-state index contributed by atoms with van der Waals surface area (Å²) in [7, 11) is 0. The number of hydrogen-bond acceptors (Lipinski definition) is 6. The number of piperidine rings is 2. The Labute approximate surface area is 197 Å². The normalized spacial score (nSPS) is 18.7. The lowest BCUT2D eigenvalue weighted by Crippen LogP contribution is -2.46. The molecule has 8 nitrogen and oxygen atoms in total. The molecule has 0 aliphatic carbocycles. The van der Waals surface area contributed by atoms with Gasteiger partial charge in [-0.25, -0.2) is 9.59 Å². The summed E-state index contributed by atoms with van der Waals surface area (Å²) in [6.07, 6.45) is 3.12. The van der Waals surface area contributed by atoms with Crippen LogP contribution in [-0.2, 0) is 20.8 Å². The third-order valence-corrected chi connectivity index (χ3v) is 5.98. The topological polar surface area (TPSA) is 80.3 Å². The van der Waals surface area contributed by atoms with E-state index in [2.05, 4.69) is 10.2 Å². The van der Waals surface area contributed by atoms with Crippen molar-refractivity contribution in [1.29, 1.82) is 0 Å². The number of hydrogen-bond donors (Lipinski definition) is 1. The van der Waals surface area contributed by atoms with Crippen LogP contribution in [0.15, 0.2) is 30.3 Å². The lowest BCUT2D eigenvalue weighted by atomic mass is 10.1. The van der Waals surface area contributed by atoms with Crippen molar-refractivity contribution in [3.63, 3.8) is 0 Å². The Morgan fingerprint density at radius 2 is 1.67 bits per heavy atom. The largest absolute Gasteiger partial charge is 0.445 e. The van der Waals surface area contributed by atoms with E-state index in [4.69, 9.17) is 14.2 Å². The average molecular weight is 462 g/mol. The van der Waals surface area contributed by atoms with Crippen molar-refractivity contribution >= 4 is 12.2 Å². The highest BCUT2D eigenvalue weighted by atomic mass is 16.6. The van der Waals surface area contributed by atoms with Gasteiger partial charge in [0, 0.05) is 38.8 Å². The summed E-state index contributed by atoms with van der Waals surface area (Å²) in [5.41, 5.74) is 0.522. The van der Waals surface area contributed by atoms with E-state index in [0.29, 0.717) is 26.3 Å². The predicted octanol–water partition coefficient (Wildman–Crippen LogP) is 3.79. The van der Waals surface area contributed by atoms with Gasteiger partial charge in [0.1, 0.15) is 12.2 Å². The van der Waals surface area contributed by atoms with Crippen LogP contribution in [0.1, 0.15) is 52.0 Å². The number of nitrogens with zero attached hydrogens (tertiary/aromatic N) is 2. The number of ether oxygens (including phenoxy) is 3. The van der Waals surface area contributed by atoms with Gasteiger partial charge in [0.25, 0.3) is 0 Å². The van der Waals surface area contributed by atoms with Gasteiger partial charge in [-0.05, 0) is 52.0 Å². The van der Waals surface area contributed by atoms with Crippen LogP contribution < -0.4 is 5.32 Å². The highest BCUT2D eigenvalue weighted by Crippen LogP contribution is 2.18. The van der Waals surface area contributed by atoms with E-state index in [1.165, 1.54) is 0 Å². The van der Waals surface area contributed by atoms with Crippen molar-refractivity contribution in [2.45, 2.75) is 70.8 Å². The van der Waals surface area contributed by atoms with Gasteiger partial charge >= 0.3 is 12.2 Å². The second-order valence-corrected chi connectivity index (χ2v) is 9.86. The zero-order valence-electron chi connectivity index (χ0n) is 20.3. The van der Waals surface area contributed by atoms with Crippen LogP contribution in [0.5, 0.6) is 0 Å². The van der Waals surface area contributed by atoms with Crippen molar-refractivity contribution in [2.75, 3.05) is 39.3 Å². The predicted molar refractivity (Wildman–Crippen MR) is 126 cm³/mol. The van der Waals surface area contributed by atoms with E-state index in [-0.39, 0.29) is 24.3 Å². The molecular weight excluding hydrogens is 422 g/mol. The molecular formula is C25H39N3O5. The molecule has 2 aliphatic rings. The first-order chi connectivity index (χ1) is 15.8. The summed E-state index contributed by atoms with van der Waals surface area (Å²) < 4.78 is 16.8. The third kappa shape index (κ3) is 9.21. The summed E-state index contributed by atoms with van der Waals surface area (Å²) in [5, 5.41) is 2.98. The van der Waals surface area contributed by atoms with Crippen molar-refractivity contribution in [1.82, 2.24) is 15.1 Å². The van der Waals surface area contributed by atoms with E-state index in [1.54, 1.807) is 4.90 Å². The van der Waals surface area contributed by atoms with Gasteiger partial charge in [0.15, 0.2) is 0 Å². The maximum atomic E-state index is 12.2. The van der Waals surface area contributed by atoms with Gasteiger partial charge in [-0.1, -0.05) is 30.3 Å². The van der Waals surface area contributed by atoms with Gasteiger partial charge in [-0.2, -0.15) is 0 Å². The minimum absolute atomic E-state index is 0.155. The SMILES string of the molecule is CC(C)(C)OC(=O)N1CCC(OCCN2CCC(NC(=O)OCc3ccccc3)CC2)CC1. The molecule has 2 amide bonds. The van der Waals surface area contributed by atoms with Gasteiger partial charge in [-0.3, -0.25) is 0 Å². The molecule has 0 radical (unpaired) electrons. The third-order valence-electron chi connectivity index (χ3n) is 5.98. The summed E-state index contributed by atoms with van der Waals surface area (Å²) in [6.45, 7) is 10.7. The Morgan fingerprint density at radius 3 is 2.30 bits per heavy atom. The molecule has 8 heteroatoms. The monoisotopic (exact) mass is 461 g/mol. The molecule has 0 bridgehead atoms. The van der Waals surface area contributed by atoms with Crippen molar-refractivity contribution < 1.29 is 23.8 Å². The van der Waals surface area contributed by atoms with Gasteiger partial charge in [-0.15, -0.1) is 0 Å². The fraction of sp³-hybridized carbons (Fsp3) is 0.680. The molecule has 3 rings (SSSR count). The van der Waals surface area contributed by atoms with Crippen LogP contribution in [0.25, 0.3) is 0 Å². The van der Waals surface area contributed by atoms with Gasteiger partial charge < -0.3 is 29.3 Å². The molecule has 184 valence electrons. The highest BCUT2D eigenvalue weighted by Gasteiger charge is 2.27. The maximum Gasteiger partial charge on any atom is 0.410 e. The quantitative estimate of drug-likeness (QED) is 0.665.